The zero-order valence-corrected chi connectivity index (χ0v) is 34.8. The molecule has 0 bridgehead atoms. The molecule has 10 rings (SSSR count). The zero-order chi connectivity index (χ0) is 41.0. The Morgan fingerprint density at radius 2 is 1.17 bits per heavy atom. The van der Waals surface area contributed by atoms with Crippen LogP contribution in [0.3, 0.4) is 0 Å². The van der Waals surface area contributed by atoms with Crippen LogP contribution in [-0.2, 0) is 10.8 Å². The summed E-state index contributed by atoms with van der Waals surface area (Å²) in [5, 5.41) is 2.35. The zero-order valence-electron chi connectivity index (χ0n) is 34.8. The lowest BCUT2D eigenvalue weighted by Crippen LogP contribution is -2.25. The van der Waals surface area contributed by atoms with Gasteiger partial charge in [-0.15, -0.1) is 0 Å². The van der Waals surface area contributed by atoms with E-state index in [-0.39, 0.29) is 10.8 Å². The number of ether oxygens (including phenoxy) is 1. The van der Waals surface area contributed by atoms with Gasteiger partial charge in [0.1, 0.15) is 24.0 Å². The maximum absolute atomic E-state index is 6.75. The predicted molar refractivity (Wildman–Crippen MR) is 250 cm³/mol. The number of hydrogen-bond acceptors (Lipinski definition) is 4. The molecule has 2 aromatic heterocycles. The van der Waals surface area contributed by atoms with Crippen molar-refractivity contribution in [3.63, 3.8) is 0 Å². The van der Waals surface area contributed by atoms with Crippen LogP contribution >= 0.6 is 0 Å². The highest BCUT2D eigenvalue weighted by molar-refractivity contribution is 6.09. The number of fused-ring (bicyclic) bond motifs is 4. The van der Waals surface area contributed by atoms with Gasteiger partial charge in [0.05, 0.1) is 28.1 Å². The SMILES string of the molecule is CC(C)(C)c1ccnc(-n2c3ccccc3c3ccc(Oc4cccc(N5CN(c6cc(C(C)(C)c7ccccc7)ccc6-c6ccccc6)c6ccccc65)c4)cc32)c1. The maximum atomic E-state index is 6.75. The predicted octanol–water partition coefficient (Wildman–Crippen LogP) is 14.5. The first-order valence-corrected chi connectivity index (χ1v) is 20.8. The average Bonchev–Trinajstić information content (AvgIpc) is 3.83. The lowest BCUT2D eigenvalue weighted by atomic mass is 9.77. The molecule has 0 radical (unpaired) electrons. The second-order valence-electron chi connectivity index (χ2n) is 17.4. The summed E-state index contributed by atoms with van der Waals surface area (Å²) in [5.74, 6) is 2.44. The van der Waals surface area contributed by atoms with Crippen LogP contribution in [0.5, 0.6) is 11.5 Å². The molecule has 1 aliphatic heterocycles. The van der Waals surface area contributed by atoms with Crippen LogP contribution in [0.1, 0.15) is 51.3 Å². The monoisotopic (exact) mass is 780 g/mol. The van der Waals surface area contributed by atoms with Crippen molar-refractivity contribution in [1.82, 2.24) is 9.55 Å². The third kappa shape index (κ3) is 6.57. The van der Waals surface area contributed by atoms with E-state index in [0.717, 1.165) is 50.8 Å². The lowest BCUT2D eigenvalue weighted by Gasteiger charge is -2.30. The Labute approximate surface area is 352 Å². The van der Waals surface area contributed by atoms with Crippen LogP contribution in [0.25, 0.3) is 38.8 Å². The van der Waals surface area contributed by atoms with E-state index in [1.807, 2.05) is 12.3 Å². The molecule has 5 heteroatoms. The molecule has 0 saturated carbocycles. The van der Waals surface area contributed by atoms with Crippen molar-refractivity contribution >= 4 is 44.6 Å². The van der Waals surface area contributed by atoms with Gasteiger partial charge in [0, 0.05) is 45.8 Å². The summed E-state index contributed by atoms with van der Waals surface area (Å²) in [7, 11) is 0. The second-order valence-corrected chi connectivity index (χ2v) is 17.4. The van der Waals surface area contributed by atoms with E-state index in [0.29, 0.717) is 6.67 Å². The fraction of sp³-hybridized carbons (Fsp3) is 0.145. The number of pyridine rings is 1. The van der Waals surface area contributed by atoms with Gasteiger partial charge < -0.3 is 14.5 Å². The molecule has 0 saturated heterocycles. The van der Waals surface area contributed by atoms with Crippen LogP contribution < -0.4 is 14.5 Å². The summed E-state index contributed by atoms with van der Waals surface area (Å²) < 4.78 is 9.01. The Balaban J connectivity index is 1.02. The maximum Gasteiger partial charge on any atom is 0.137 e. The van der Waals surface area contributed by atoms with E-state index < -0.39 is 0 Å². The van der Waals surface area contributed by atoms with Crippen LogP contribution in [0.2, 0.25) is 0 Å². The summed E-state index contributed by atoms with van der Waals surface area (Å²) >= 11 is 0. The molecule has 1 aliphatic rings. The van der Waals surface area contributed by atoms with Gasteiger partial charge in [-0.05, 0) is 88.3 Å². The summed E-state index contributed by atoms with van der Waals surface area (Å²) in [6.45, 7) is 12.0. The number of benzene rings is 7. The molecule has 0 spiro atoms. The normalized spacial score (nSPS) is 12.9. The number of aromatic nitrogens is 2. The Bertz CT molecular complexity index is 3010. The first-order valence-electron chi connectivity index (χ1n) is 20.8. The van der Waals surface area contributed by atoms with Crippen LogP contribution in [0.4, 0.5) is 22.7 Å². The van der Waals surface area contributed by atoms with Crippen molar-refractivity contribution in [2.75, 3.05) is 16.5 Å². The van der Waals surface area contributed by atoms with E-state index in [9.17, 15) is 0 Å². The highest BCUT2D eigenvalue weighted by Gasteiger charge is 2.32. The fourth-order valence-corrected chi connectivity index (χ4v) is 8.79. The molecule has 3 heterocycles. The standard InChI is InChI=1S/C55H48N4O/c1-54(2,3)40-31-32-56-53(34-40)59-48-24-13-12-23-46(48)47-30-28-44(36-52(47)59)60-43-22-16-21-42(35-43)57-37-58(50-26-15-14-25-49(50)57)51-33-41(55(4,5)39-19-10-7-11-20-39)27-29-45(51)38-17-8-6-9-18-38/h6-36H,37H2,1-5H3. The molecule has 294 valence electrons. The van der Waals surface area contributed by atoms with Crippen LogP contribution in [0, 0.1) is 0 Å². The lowest BCUT2D eigenvalue weighted by molar-refractivity contribution is 0.483. The first-order chi connectivity index (χ1) is 29.1. The Morgan fingerprint density at radius 3 is 1.95 bits per heavy atom. The van der Waals surface area contributed by atoms with Gasteiger partial charge in [-0.2, -0.15) is 0 Å². The van der Waals surface area contributed by atoms with Crippen molar-refractivity contribution in [2.45, 2.75) is 45.4 Å². The average molecular weight is 781 g/mol. The smallest absolute Gasteiger partial charge is 0.137 e. The minimum Gasteiger partial charge on any atom is -0.457 e. The summed E-state index contributed by atoms with van der Waals surface area (Å²) in [4.78, 5) is 9.73. The number of anilines is 4. The molecule has 7 aromatic carbocycles. The van der Waals surface area contributed by atoms with Gasteiger partial charge in [0.15, 0.2) is 0 Å². The molecule has 0 unspecified atom stereocenters. The largest absolute Gasteiger partial charge is 0.457 e. The van der Waals surface area contributed by atoms with Crippen molar-refractivity contribution in [1.29, 1.82) is 0 Å². The van der Waals surface area contributed by atoms with Gasteiger partial charge in [0.2, 0.25) is 0 Å². The number of rotatable bonds is 8. The topological polar surface area (TPSA) is 33.5 Å². The molecule has 0 N–H and O–H groups in total. The Kier molecular flexibility index (Phi) is 9.06. The third-order valence-corrected chi connectivity index (χ3v) is 12.2. The van der Waals surface area contributed by atoms with Gasteiger partial charge >= 0.3 is 0 Å². The summed E-state index contributed by atoms with van der Waals surface area (Å²) in [6.07, 6.45) is 1.92. The highest BCUT2D eigenvalue weighted by atomic mass is 16.5. The van der Waals surface area contributed by atoms with Crippen molar-refractivity contribution in [2.24, 2.45) is 0 Å². The Morgan fingerprint density at radius 1 is 0.483 bits per heavy atom. The van der Waals surface area contributed by atoms with Gasteiger partial charge in [-0.1, -0.05) is 144 Å². The molecule has 60 heavy (non-hydrogen) atoms. The first kappa shape index (κ1) is 37.2. The number of nitrogens with zero attached hydrogens (tertiary/aromatic N) is 4. The minimum atomic E-state index is -0.194. The van der Waals surface area contributed by atoms with Gasteiger partial charge in [0.25, 0.3) is 0 Å². The quantitative estimate of drug-likeness (QED) is 0.154. The van der Waals surface area contributed by atoms with E-state index in [1.54, 1.807) is 0 Å². The molecule has 0 atom stereocenters. The molecule has 0 fully saturated rings. The molecule has 9 aromatic rings. The van der Waals surface area contributed by atoms with Crippen molar-refractivity contribution in [3.8, 4) is 28.4 Å². The van der Waals surface area contributed by atoms with Crippen molar-refractivity contribution < 1.29 is 4.74 Å². The number of hydrogen-bond donors (Lipinski definition) is 0. The fourth-order valence-electron chi connectivity index (χ4n) is 8.79. The van der Waals surface area contributed by atoms with Crippen molar-refractivity contribution in [3.05, 3.63) is 205 Å². The Hall–Kier alpha value is -7.11. The highest BCUT2D eigenvalue weighted by Crippen LogP contribution is 2.48. The van der Waals surface area contributed by atoms with E-state index >= 15 is 0 Å². The van der Waals surface area contributed by atoms with E-state index in [4.69, 9.17) is 9.72 Å². The van der Waals surface area contributed by atoms with Crippen LogP contribution in [0.15, 0.2) is 188 Å². The minimum absolute atomic E-state index is 0.00384. The molecular formula is C55H48N4O. The van der Waals surface area contributed by atoms with E-state index in [2.05, 4.69) is 225 Å². The third-order valence-electron chi connectivity index (χ3n) is 12.2. The van der Waals surface area contributed by atoms with Crippen LogP contribution in [-0.4, -0.2) is 16.2 Å². The molecule has 0 amide bonds. The summed E-state index contributed by atoms with van der Waals surface area (Å²) in [5.41, 5.74) is 12.7. The number of para-hydroxylation sites is 3. The second kappa shape index (κ2) is 14.6. The van der Waals surface area contributed by atoms with Gasteiger partial charge in [-0.3, -0.25) is 4.57 Å². The van der Waals surface area contributed by atoms with Gasteiger partial charge in [-0.25, -0.2) is 4.98 Å². The molecule has 5 nitrogen and oxygen atoms in total. The molecular weight excluding hydrogens is 733 g/mol. The van der Waals surface area contributed by atoms with E-state index in [1.165, 1.54) is 38.9 Å². The summed E-state index contributed by atoms with van der Waals surface area (Å²) in [6, 6.07) is 65.0. The molecule has 0 aliphatic carbocycles.